The van der Waals surface area contributed by atoms with Gasteiger partial charge < -0.3 is 5.73 Å². The van der Waals surface area contributed by atoms with Gasteiger partial charge in [-0.1, -0.05) is 41.5 Å². The molecule has 1 saturated heterocycles. The van der Waals surface area contributed by atoms with E-state index >= 15 is 0 Å². The van der Waals surface area contributed by atoms with E-state index in [0.29, 0.717) is 12.1 Å². The minimum atomic E-state index is 0.278. The van der Waals surface area contributed by atoms with Gasteiger partial charge >= 0.3 is 0 Å². The highest BCUT2D eigenvalue weighted by molar-refractivity contribution is 4.92. The number of nitrogens with two attached hydrogens (primary N) is 1. The first kappa shape index (κ1) is 16.0. The lowest BCUT2D eigenvalue weighted by Crippen LogP contribution is -2.56. The average Bonchev–Trinajstić information content (AvgIpc) is 2.27. The summed E-state index contributed by atoms with van der Waals surface area (Å²) < 4.78 is 0. The van der Waals surface area contributed by atoms with E-state index in [0.717, 1.165) is 18.3 Å². The molecule has 1 rings (SSSR count). The second-order valence-corrected chi connectivity index (χ2v) is 7.50. The molecule has 2 atom stereocenters. The maximum absolute atomic E-state index is 6.39. The van der Waals surface area contributed by atoms with Crippen LogP contribution in [0.4, 0.5) is 0 Å². The van der Waals surface area contributed by atoms with E-state index in [1.807, 2.05) is 0 Å². The summed E-state index contributed by atoms with van der Waals surface area (Å²) in [5.41, 5.74) is 6.66. The molecule has 0 aromatic heterocycles. The molecule has 0 spiro atoms. The van der Waals surface area contributed by atoms with Crippen LogP contribution < -0.4 is 5.73 Å². The van der Waals surface area contributed by atoms with Crippen molar-refractivity contribution >= 4 is 0 Å². The van der Waals surface area contributed by atoms with Crippen molar-refractivity contribution < 1.29 is 0 Å². The van der Waals surface area contributed by atoms with Crippen molar-refractivity contribution in [2.45, 2.75) is 72.9 Å². The number of rotatable bonds is 4. The molecule has 18 heavy (non-hydrogen) atoms. The molecular formula is C16H34N2. The Morgan fingerprint density at radius 3 is 2.00 bits per heavy atom. The SMILES string of the molecule is CCC(N)C(N1CCC(C(C)C)CC1)C(C)(C)C. The van der Waals surface area contributed by atoms with Crippen molar-refractivity contribution in [1.29, 1.82) is 0 Å². The largest absolute Gasteiger partial charge is 0.326 e. The standard InChI is InChI=1S/C16H34N2/c1-7-14(17)15(16(4,5)6)18-10-8-13(9-11-18)12(2)3/h12-15H,7-11,17H2,1-6H3. The van der Waals surface area contributed by atoms with Crippen molar-refractivity contribution in [2.24, 2.45) is 23.0 Å². The molecule has 1 aliphatic rings. The molecule has 2 nitrogen and oxygen atoms in total. The van der Waals surface area contributed by atoms with E-state index < -0.39 is 0 Å². The lowest BCUT2D eigenvalue weighted by molar-refractivity contribution is 0.0389. The molecule has 0 bridgehead atoms. The summed E-state index contributed by atoms with van der Waals surface area (Å²) in [6.45, 7) is 16.4. The van der Waals surface area contributed by atoms with Crippen LogP contribution >= 0.6 is 0 Å². The van der Waals surface area contributed by atoms with Crippen LogP contribution in [0.1, 0.15) is 60.8 Å². The maximum atomic E-state index is 6.39. The third kappa shape index (κ3) is 3.96. The van der Waals surface area contributed by atoms with Crippen LogP contribution in [0, 0.1) is 17.3 Å². The molecule has 0 aliphatic carbocycles. The summed E-state index contributed by atoms with van der Waals surface area (Å²) in [5, 5.41) is 0. The first-order valence-corrected chi connectivity index (χ1v) is 7.77. The Morgan fingerprint density at radius 1 is 1.17 bits per heavy atom. The Morgan fingerprint density at radius 2 is 1.67 bits per heavy atom. The molecular weight excluding hydrogens is 220 g/mol. The molecule has 2 unspecified atom stereocenters. The van der Waals surface area contributed by atoms with E-state index in [-0.39, 0.29) is 5.41 Å². The number of likely N-dealkylation sites (tertiary alicyclic amines) is 1. The summed E-state index contributed by atoms with van der Waals surface area (Å²) in [6, 6.07) is 0.830. The van der Waals surface area contributed by atoms with Crippen molar-refractivity contribution in [1.82, 2.24) is 4.90 Å². The quantitative estimate of drug-likeness (QED) is 0.832. The van der Waals surface area contributed by atoms with Crippen LogP contribution in [-0.2, 0) is 0 Å². The fraction of sp³-hybridized carbons (Fsp3) is 1.00. The molecule has 1 heterocycles. The molecule has 0 aromatic rings. The Balaban J connectivity index is 2.67. The van der Waals surface area contributed by atoms with Crippen molar-refractivity contribution in [2.75, 3.05) is 13.1 Å². The third-order valence-electron chi connectivity index (χ3n) is 4.67. The highest BCUT2D eigenvalue weighted by Crippen LogP contribution is 2.32. The normalized spacial score (nSPS) is 23.3. The Bertz CT molecular complexity index is 234. The molecule has 0 aromatic carbocycles. The molecule has 1 aliphatic heterocycles. The van der Waals surface area contributed by atoms with E-state index in [1.165, 1.54) is 25.9 Å². The van der Waals surface area contributed by atoms with Crippen LogP contribution in [0.5, 0.6) is 0 Å². The van der Waals surface area contributed by atoms with Crippen molar-refractivity contribution in [3.63, 3.8) is 0 Å². The van der Waals surface area contributed by atoms with Gasteiger partial charge in [0.25, 0.3) is 0 Å². The van der Waals surface area contributed by atoms with Gasteiger partial charge in [0.15, 0.2) is 0 Å². The van der Waals surface area contributed by atoms with Gasteiger partial charge in [0.05, 0.1) is 0 Å². The highest BCUT2D eigenvalue weighted by atomic mass is 15.2. The summed E-state index contributed by atoms with van der Waals surface area (Å²) >= 11 is 0. The van der Waals surface area contributed by atoms with Crippen molar-refractivity contribution in [3.8, 4) is 0 Å². The van der Waals surface area contributed by atoms with Gasteiger partial charge in [0.1, 0.15) is 0 Å². The molecule has 0 amide bonds. The Labute approximate surface area is 114 Å². The van der Waals surface area contributed by atoms with E-state index in [4.69, 9.17) is 5.73 Å². The summed E-state index contributed by atoms with van der Waals surface area (Å²) in [7, 11) is 0. The summed E-state index contributed by atoms with van der Waals surface area (Å²) in [4.78, 5) is 2.66. The zero-order chi connectivity index (χ0) is 13.9. The van der Waals surface area contributed by atoms with Gasteiger partial charge in [-0.05, 0) is 49.6 Å². The topological polar surface area (TPSA) is 29.3 Å². The zero-order valence-electron chi connectivity index (χ0n) is 13.4. The first-order chi connectivity index (χ1) is 8.27. The van der Waals surface area contributed by atoms with E-state index in [9.17, 15) is 0 Å². The lowest BCUT2D eigenvalue weighted by atomic mass is 9.78. The molecule has 0 radical (unpaired) electrons. The fourth-order valence-corrected chi connectivity index (χ4v) is 3.55. The van der Waals surface area contributed by atoms with Gasteiger partial charge in [-0.15, -0.1) is 0 Å². The second kappa shape index (κ2) is 6.38. The van der Waals surface area contributed by atoms with Gasteiger partial charge in [-0.3, -0.25) is 4.90 Å². The second-order valence-electron chi connectivity index (χ2n) is 7.50. The predicted octanol–water partition coefficient (Wildman–Crippen LogP) is 3.51. The minimum absolute atomic E-state index is 0.278. The maximum Gasteiger partial charge on any atom is 0.0295 e. The van der Waals surface area contributed by atoms with Crippen LogP contribution in [0.3, 0.4) is 0 Å². The van der Waals surface area contributed by atoms with Crippen LogP contribution in [0.2, 0.25) is 0 Å². The van der Waals surface area contributed by atoms with E-state index in [2.05, 4.69) is 46.4 Å². The molecule has 2 N–H and O–H groups in total. The lowest BCUT2D eigenvalue weighted by Gasteiger charge is -2.46. The Hall–Kier alpha value is -0.0800. The molecule has 2 heteroatoms. The molecule has 1 fully saturated rings. The third-order valence-corrected chi connectivity index (χ3v) is 4.67. The van der Waals surface area contributed by atoms with Crippen LogP contribution in [0.15, 0.2) is 0 Å². The minimum Gasteiger partial charge on any atom is -0.326 e. The first-order valence-electron chi connectivity index (χ1n) is 7.77. The predicted molar refractivity (Wildman–Crippen MR) is 80.6 cm³/mol. The average molecular weight is 254 g/mol. The van der Waals surface area contributed by atoms with Gasteiger partial charge in [-0.25, -0.2) is 0 Å². The van der Waals surface area contributed by atoms with Gasteiger partial charge in [-0.2, -0.15) is 0 Å². The van der Waals surface area contributed by atoms with Crippen LogP contribution in [-0.4, -0.2) is 30.1 Å². The van der Waals surface area contributed by atoms with Gasteiger partial charge in [0.2, 0.25) is 0 Å². The van der Waals surface area contributed by atoms with Crippen molar-refractivity contribution in [3.05, 3.63) is 0 Å². The highest BCUT2D eigenvalue weighted by Gasteiger charge is 2.36. The number of hydrogen-bond acceptors (Lipinski definition) is 2. The Kier molecular flexibility index (Phi) is 5.67. The van der Waals surface area contributed by atoms with Gasteiger partial charge in [0, 0.05) is 12.1 Å². The number of hydrogen-bond donors (Lipinski definition) is 1. The number of nitrogens with zero attached hydrogens (tertiary/aromatic N) is 1. The monoisotopic (exact) mass is 254 g/mol. The number of piperidine rings is 1. The summed E-state index contributed by atoms with van der Waals surface area (Å²) in [6.07, 6.45) is 3.77. The molecule has 108 valence electrons. The smallest absolute Gasteiger partial charge is 0.0295 e. The zero-order valence-corrected chi connectivity index (χ0v) is 13.4. The van der Waals surface area contributed by atoms with E-state index in [1.54, 1.807) is 0 Å². The fourth-order valence-electron chi connectivity index (χ4n) is 3.55. The summed E-state index contributed by atoms with van der Waals surface area (Å²) in [5.74, 6) is 1.75. The molecule has 0 saturated carbocycles. The van der Waals surface area contributed by atoms with Crippen LogP contribution in [0.25, 0.3) is 0 Å².